The summed E-state index contributed by atoms with van der Waals surface area (Å²) in [4.78, 5) is 47.5. The molecule has 0 aromatic heterocycles. The smallest absolute Gasteiger partial charge is 0.328 e. The molecule has 0 aliphatic heterocycles. The first-order valence-corrected chi connectivity index (χ1v) is 9.75. The third kappa shape index (κ3) is 6.79. The van der Waals surface area contributed by atoms with Gasteiger partial charge < -0.3 is 20.1 Å². The van der Waals surface area contributed by atoms with E-state index in [4.69, 9.17) is 9.47 Å². The number of ether oxygens (including phenoxy) is 2. The minimum atomic E-state index is -1.12. The van der Waals surface area contributed by atoms with E-state index in [1.807, 2.05) is 30.3 Å². The molecule has 0 unspecified atom stereocenters. The summed E-state index contributed by atoms with van der Waals surface area (Å²) in [6.45, 7) is 1.29. The molecule has 170 valence electrons. The molecule has 0 aliphatic rings. The van der Waals surface area contributed by atoms with Gasteiger partial charge >= 0.3 is 11.7 Å². The molecular weight excluding hydrogens is 418 g/mol. The Balaban J connectivity index is 2.23. The van der Waals surface area contributed by atoms with Crippen molar-refractivity contribution in [2.75, 3.05) is 14.2 Å². The van der Waals surface area contributed by atoms with Gasteiger partial charge in [-0.15, -0.1) is 0 Å². The fourth-order valence-electron chi connectivity index (χ4n) is 3.15. The van der Waals surface area contributed by atoms with E-state index >= 15 is 0 Å². The lowest BCUT2D eigenvalue weighted by Gasteiger charge is -2.22. The minimum absolute atomic E-state index is 0.0542. The van der Waals surface area contributed by atoms with Crippen LogP contribution in [0.1, 0.15) is 18.1 Å². The van der Waals surface area contributed by atoms with Gasteiger partial charge in [-0.25, -0.2) is 4.79 Å². The van der Waals surface area contributed by atoms with Gasteiger partial charge in [-0.05, 0) is 17.2 Å². The quantitative estimate of drug-likeness (QED) is 0.323. The van der Waals surface area contributed by atoms with Crippen LogP contribution in [0.5, 0.6) is 5.75 Å². The topological polar surface area (TPSA) is 137 Å². The Morgan fingerprint density at radius 1 is 0.969 bits per heavy atom. The summed E-state index contributed by atoms with van der Waals surface area (Å²) in [5.41, 5.74) is 0.981. The predicted molar refractivity (Wildman–Crippen MR) is 115 cm³/mol. The Labute approximate surface area is 185 Å². The molecule has 0 fully saturated rings. The normalized spacial score (nSPS) is 12.2. The Morgan fingerprint density at radius 3 is 2.19 bits per heavy atom. The number of amides is 2. The lowest BCUT2D eigenvalue weighted by Crippen LogP contribution is -2.53. The minimum Gasteiger partial charge on any atom is -0.490 e. The van der Waals surface area contributed by atoms with E-state index in [2.05, 4.69) is 10.6 Å². The van der Waals surface area contributed by atoms with Crippen LogP contribution in [-0.4, -0.2) is 49.0 Å². The molecule has 2 aromatic rings. The lowest BCUT2D eigenvalue weighted by atomic mass is 10.0. The van der Waals surface area contributed by atoms with Crippen LogP contribution in [0.15, 0.2) is 48.5 Å². The van der Waals surface area contributed by atoms with E-state index in [0.29, 0.717) is 5.56 Å². The second kappa shape index (κ2) is 11.4. The number of carbonyl (C=O) groups excluding carboxylic acids is 3. The van der Waals surface area contributed by atoms with Crippen LogP contribution in [0.4, 0.5) is 5.69 Å². The first kappa shape index (κ1) is 24.3. The van der Waals surface area contributed by atoms with Gasteiger partial charge in [-0.1, -0.05) is 36.4 Å². The Morgan fingerprint density at radius 2 is 1.62 bits per heavy atom. The monoisotopic (exact) mass is 443 g/mol. The summed E-state index contributed by atoms with van der Waals surface area (Å²) in [6.07, 6.45) is 0.162. The summed E-state index contributed by atoms with van der Waals surface area (Å²) >= 11 is 0. The molecule has 32 heavy (non-hydrogen) atoms. The van der Waals surface area contributed by atoms with E-state index in [0.717, 1.165) is 5.56 Å². The number of methoxy groups -OCH3 is 2. The van der Waals surface area contributed by atoms with Crippen LogP contribution in [0, 0.1) is 10.1 Å². The molecule has 0 radical (unpaired) electrons. The number of nitrogens with one attached hydrogen (secondary N) is 2. The summed E-state index contributed by atoms with van der Waals surface area (Å²) in [5, 5.41) is 16.5. The molecule has 10 heteroatoms. The lowest BCUT2D eigenvalue weighted by molar-refractivity contribution is -0.385. The first-order chi connectivity index (χ1) is 15.2. The van der Waals surface area contributed by atoms with Crippen molar-refractivity contribution in [2.45, 2.75) is 31.8 Å². The highest BCUT2D eigenvalue weighted by Gasteiger charge is 2.28. The highest BCUT2D eigenvalue weighted by molar-refractivity contribution is 5.90. The molecule has 0 spiro atoms. The number of hydrogen-bond donors (Lipinski definition) is 2. The molecule has 0 saturated heterocycles. The zero-order valence-electron chi connectivity index (χ0n) is 18.0. The van der Waals surface area contributed by atoms with E-state index in [9.17, 15) is 24.5 Å². The van der Waals surface area contributed by atoms with Crippen molar-refractivity contribution < 1.29 is 28.8 Å². The maximum absolute atomic E-state index is 12.9. The number of nitrogens with zero attached hydrogens (tertiary/aromatic N) is 1. The second-order valence-corrected chi connectivity index (χ2v) is 6.99. The van der Waals surface area contributed by atoms with Crippen molar-refractivity contribution >= 4 is 23.5 Å². The van der Waals surface area contributed by atoms with Crippen molar-refractivity contribution in [1.82, 2.24) is 10.6 Å². The first-order valence-electron chi connectivity index (χ1n) is 9.75. The summed E-state index contributed by atoms with van der Waals surface area (Å²) in [7, 11) is 2.49. The van der Waals surface area contributed by atoms with E-state index in [1.165, 1.54) is 33.3 Å². The van der Waals surface area contributed by atoms with Crippen LogP contribution in [-0.2, 0) is 32.0 Å². The molecule has 2 amide bonds. The number of benzene rings is 2. The zero-order valence-corrected chi connectivity index (χ0v) is 18.0. The summed E-state index contributed by atoms with van der Waals surface area (Å²) < 4.78 is 9.77. The van der Waals surface area contributed by atoms with Gasteiger partial charge in [0.2, 0.25) is 11.8 Å². The molecule has 0 aliphatic carbocycles. The molecule has 2 atom stereocenters. The third-order valence-corrected chi connectivity index (χ3v) is 4.66. The summed E-state index contributed by atoms with van der Waals surface area (Å²) in [6, 6.07) is 11.3. The van der Waals surface area contributed by atoms with Crippen molar-refractivity contribution in [1.29, 1.82) is 0 Å². The van der Waals surface area contributed by atoms with Crippen LogP contribution in [0.25, 0.3) is 0 Å². The van der Waals surface area contributed by atoms with Gasteiger partial charge in [0, 0.05) is 25.8 Å². The van der Waals surface area contributed by atoms with E-state index < -0.39 is 34.8 Å². The third-order valence-electron chi connectivity index (χ3n) is 4.66. The SMILES string of the molecule is COC(=O)[C@H](Cc1ccc(OC)c([N+](=O)[O-])c1)NC(=O)[C@H](Cc1ccccc1)NC(C)=O. The number of esters is 1. The fourth-order valence-corrected chi connectivity index (χ4v) is 3.15. The molecule has 2 N–H and O–H groups in total. The standard InChI is InChI=1S/C22H25N3O7/c1-14(26)23-17(11-15-7-5-4-6-8-15)21(27)24-18(22(28)32-3)12-16-9-10-20(31-2)19(13-16)25(29)30/h4-10,13,17-18H,11-12H2,1-3H3,(H,23,26)(H,24,27)/t17-,18-/m0/s1. The molecule has 0 bridgehead atoms. The largest absolute Gasteiger partial charge is 0.490 e. The average molecular weight is 443 g/mol. The number of nitro groups is 1. The van der Waals surface area contributed by atoms with Gasteiger partial charge in [-0.3, -0.25) is 19.7 Å². The molecule has 2 aromatic carbocycles. The van der Waals surface area contributed by atoms with Crippen LogP contribution < -0.4 is 15.4 Å². The van der Waals surface area contributed by atoms with Gasteiger partial charge in [0.15, 0.2) is 5.75 Å². The van der Waals surface area contributed by atoms with Crippen LogP contribution in [0.3, 0.4) is 0 Å². The number of rotatable bonds is 10. The van der Waals surface area contributed by atoms with Crippen molar-refractivity contribution in [3.8, 4) is 5.75 Å². The van der Waals surface area contributed by atoms with Crippen molar-refractivity contribution in [3.05, 3.63) is 69.8 Å². The number of nitro benzene ring substituents is 1. The molecule has 10 nitrogen and oxygen atoms in total. The number of hydrogen-bond acceptors (Lipinski definition) is 7. The molecular formula is C22H25N3O7. The second-order valence-electron chi connectivity index (χ2n) is 6.99. The van der Waals surface area contributed by atoms with Gasteiger partial charge in [0.05, 0.1) is 19.1 Å². The average Bonchev–Trinajstić information content (AvgIpc) is 2.77. The van der Waals surface area contributed by atoms with Crippen molar-refractivity contribution in [3.63, 3.8) is 0 Å². The maximum atomic E-state index is 12.9. The highest BCUT2D eigenvalue weighted by atomic mass is 16.6. The molecule has 0 heterocycles. The zero-order chi connectivity index (χ0) is 23.7. The van der Waals surface area contributed by atoms with Gasteiger partial charge in [0.25, 0.3) is 0 Å². The predicted octanol–water partition coefficient (Wildman–Crippen LogP) is 1.55. The van der Waals surface area contributed by atoms with E-state index in [-0.39, 0.29) is 24.3 Å². The van der Waals surface area contributed by atoms with E-state index in [1.54, 1.807) is 6.07 Å². The van der Waals surface area contributed by atoms with Gasteiger partial charge in [0.1, 0.15) is 12.1 Å². The Bertz CT molecular complexity index is 979. The highest BCUT2D eigenvalue weighted by Crippen LogP contribution is 2.28. The van der Waals surface area contributed by atoms with Crippen LogP contribution in [0.2, 0.25) is 0 Å². The molecule has 0 saturated carbocycles. The Hall–Kier alpha value is -3.95. The van der Waals surface area contributed by atoms with Crippen LogP contribution >= 0.6 is 0 Å². The number of carbonyl (C=O) groups is 3. The fraction of sp³-hybridized carbons (Fsp3) is 0.318. The maximum Gasteiger partial charge on any atom is 0.328 e. The van der Waals surface area contributed by atoms with Crippen molar-refractivity contribution in [2.24, 2.45) is 0 Å². The van der Waals surface area contributed by atoms with Gasteiger partial charge in [-0.2, -0.15) is 0 Å². The Kier molecular flexibility index (Phi) is 8.70. The summed E-state index contributed by atoms with van der Waals surface area (Å²) in [5.74, 6) is -1.63. The molecule has 2 rings (SSSR count).